The van der Waals surface area contributed by atoms with Crippen molar-refractivity contribution < 1.29 is 9.15 Å². The van der Waals surface area contributed by atoms with Gasteiger partial charge in [0.25, 0.3) is 0 Å². The second-order valence-corrected chi connectivity index (χ2v) is 3.86. The first-order valence-electron chi connectivity index (χ1n) is 4.67. The number of fused-ring (bicyclic) bond motifs is 1. The molecule has 2 aromatic rings. The standard InChI is InChI=1S/C12H14O2/c1-12(2,13-3)10-8-14-11-7-5-4-6-9(10)11/h4-8H,1-3H3. The molecule has 0 bridgehead atoms. The highest BCUT2D eigenvalue weighted by molar-refractivity contribution is 5.81. The molecule has 2 rings (SSSR count). The molecule has 0 aliphatic heterocycles. The van der Waals surface area contributed by atoms with E-state index in [4.69, 9.17) is 9.15 Å². The van der Waals surface area contributed by atoms with Crippen molar-refractivity contribution in [3.05, 3.63) is 36.1 Å². The predicted octanol–water partition coefficient (Wildman–Crippen LogP) is 3.31. The van der Waals surface area contributed by atoms with E-state index in [9.17, 15) is 0 Å². The highest BCUT2D eigenvalue weighted by Gasteiger charge is 2.23. The summed E-state index contributed by atoms with van der Waals surface area (Å²) in [5, 5.41) is 1.12. The molecule has 0 N–H and O–H groups in total. The van der Waals surface area contributed by atoms with Crippen LogP contribution in [0.5, 0.6) is 0 Å². The molecule has 2 nitrogen and oxygen atoms in total. The number of ether oxygens (including phenoxy) is 1. The third-order valence-electron chi connectivity index (χ3n) is 2.64. The maximum Gasteiger partial charge on any atom is 0.134 e. The monoisotopic (exact) mass is 190 g/mol. The molecule has 0 aliphatic carbocycles. The Balaban J connectivity index is 2.64. The third-order valence-corrected chi connectivity index (χ3v) is 2.64. The van der Waals surface area contributed by atoms with Crippen LogP contribution in [-0.2, 0) is 10.3 Å². The van der Waals surface area contributed by atoms with E-state index in [0.29, 0.717) is 0 Å². The molecule has 14 heavy (non-hydrogen) atoms. The van der Waals surface area contributed by atoms with E-state index >= 15 is 0 Å². The minimum absolute atomic E-state index is 0.299. The first-order chi connectivity index (χ1) is 6.65. The number of furan rings is 1. The maximum absolute atomic E-state index is 5.46. The molecule has 1 heterocycles. The average Bonchev–Trinajstić information content (AvgIpc) is 2.61. The Hall–Kier alpha value is -1.28. The molecule has 0 saturated carbocycles. The number of hydrogen-bond donors (Lipinski definition) is 0. The van der Waals surface area contributed by atoms with E-state index in [2.05, 4.69) is 6.07 Å². The van der Waals surface area contributed by atoms with E-state index in [1.807, 2.05) is 32.0 Å². The van der Waals surface area contributed by atoms with Crippen molar-refractivity contribution in [3.63, 3.8) is 0 Å². The Morgan fingerprint density at radius 2 is 1.93 bits per heavy atom. The van der Waals surface area contributed by atoms with Gasteiger partial charge in [0.1, 0.15) is 5.58 Å². The van der Waals surface area contributed by atoms with Crippen LogP contribution in [0.1, 0.15) is 19.4 Å². The smallest absolute Gasteiger partial charge is 0.134 e. The van der Waals surface area contributed by atoms with Gasteiger partial charge in [-0.25, -0.2) is 0 Å². The zero-order valence-corrected chi connectivity index (χ0v) is 8.70. The summed E-state index contributed by atoms with van der Waals surface area (Å²) in [7, 11) is 1.71. The summed E-state index contributed by atoms with van der Waals surface area (Å²) in [5.41, 5.74) is 1.70. The van der Waals surface area contributed by atoms with Crippen LogP contribution in [0.25, 0.3) is 11.0 Å². The SMILES string of the molecule is COC(C)(C)c1coc2ccccc12. The Labute approximate surface area is 83.5 Å². The molecular weight excluding hydrogens is 176 g/mol. The van der Waals surface area contributed by atoms with Gasteiger partial charge < -0.3 is 9.15 Å². The van der Waals surface area contributed by atoms with E-state index in [-0.39, 0.29) is 5.60 Å². The fourth-order valence-electron chi connectivity index (χ4n) is 1.55. The molecule has 0 unspecified atom stereocenters. The van der Waals surface area contributed by atoms with Crippen molar-refractivity contribution in [2.45, 2.75) is 19.4 Å². The van der Waals surface area contributed by atoms with Gasteiger partial charge in [-0.2, -0.15) is 0 Å². The zero-order chi connectivity index (χ0) is 10.2. The van der Waals surface area contributed by atoms with Gasteiger partial charge in [-0.3, -0.25) is 0 Å². The van der Waals surface area contributed by atoms with E-state index in [1.54, 1.807) is 13.4 Å². The summed E-state index contributed by atoms with van der Waals surface area (Å²) < 4.78 is 10.9. The first kappa shape index (κ1) is 9.28. The molecule has 0 amide bonds. The van der Waals surface area contributed by atoms with Gasteiger partial charge in [0, 0.05) is 18.1 Å². The zero-order valence-electron chi connectivity index (χ0n) is 8.70. The highest BCUT2D eigenvalue weighted by Crippen LogP contribution is 2.31. The van der Waals surface area contributed by atoms with Crippen molar-refractivity contribution >= 4 is 11.0 Å². The van der Waals surface area contributed by atoms with Crippen LogP contribution in [0, 0.1) is 0 Å². The van der Waals surface area contributed by atoms with E-state index in [0.717, 1.165) is 16.5 Å². The molecule has 0 fully saturated rings. The Bertz CT molecular complexity index is 440. The summed E-state index contributed by atoms with van der Waals surface area (Å²) >= 11 is 0. The van der Waals surface area contributed by atoms with Crippen LogP contribution in [0.4, 0.5) is 0 Å². The third kappa shape index (κ3) is 1.32. The topological polar surface area (TPSA) is 22.4 Å². The Kier molecular flexibility index (Phi) is 2.08. The first-order valence-corrected chi connectivity index (χ1v) is 4.67. The van der Waals surface area contributed by atoms with Crippen LogP contribution in [0.3, 0.4) is 0 Å². The minimum atomic E-state index is -0.299. The molecule has 1 aromatic carbocycles. The maximum atomic E-state index is 5.46. The van der Waals surface area contributed by atoms with Crippen molar-refractivity contribution in [1.29, 1.82) is 0 Å². The van der Waals surface area contributed by atoms with E-state index in [1.165, 1.54) is 0 Å². The van der Waals surface area contributed by atoms with Gasteiger partial charge in [-0.05, 0) is 19.9 Å². The summed E-state index contributed by atoms with van der Waals surface area (Å²) in [4.78, 5) is 0. The number of methoxy groups -OCH3 is 1. The van der Waals surface area contributed by atoms with Gasteiger partial charge in [-0.15, -0.1) is 0 Å². The van der Waals surface area contributed by atoms with Crippen molar-refractivity contribution in [2.24, 2.45) is 0 Å². The fourth-order valence-corrected chi connectivity index (χ4v) is 1.55. The fraction of sp³-hybridized carbons (Fsp3) is 0.333. The molecule has 0 radical (unpaired) electrons. The molecule has 0 aliphatic rings. The van der Waals surface area contributed by atoms with Crippen LogP contribution >= 0.6 is 0 Å². The number of hydrogen-bond acceptors (Lipinski definition) is 2. The second-order valence-electron chi connectivity index (χ2n) is 3.86. The van der Waals surface area contributed by atoms with Gasteiger partial charge in [0.15, 0.2) is 0 Å². The molecule has 0 saturated heterocycles. The van der Waals surface area contributed by atoms with E-state index < -0.39 is 0 Å². The Morgan fingerprint density at radius 3 is 2.64 bits per heavy atom. The molecule has 2 heteroatoms. The molecule has 1 aromatic heterocycles. The molecular formula is C12H14O2. The minimum Gasteiger partial charge on any atom is -0.464 e. The normalized spacial score (nSPS) is 12.2. The number of rotatable bonds is 2. The predicted molar refractivity (Wildman–Crippen MR) is 56.2 cm³/mol. The summed E-state index contributed by atoms with van der Waals surface area (Å²) in [6, 6.07) is 7.99. The number of para-hydroxylation sites is 1. The quantitative estimate of drug-likeness (QED) is 0.724. The van der Waals surface area contributed by atoms with Crippen molar-refractivity contribution in [3.8, 4) is 0 Å². The number of benzene rings is 1. The van der Waals surface area contributed by atoms with Gasteiger partial charge in [0.2, 0.25) is 0 Å². The van der Waals surface area contributed by atoms with Crippen LogP contribution in [-0.4, -0.2) is 7.11 Å². The van der Waals surface area contributed by atoms with Gasteiger partial charge in [-0.1, -0.05) is 18.2 Å². The van der Waals surface area contributed by atoms with Crippen LogP contribution < -0.4 is 0 Å². The highest BCUT2D eigenvalue weighted by atomic mass is 16.5. The second kappa shape index (κ2) is 3.14. The lowest BCUT2D eigenvalue weighted by Gasteiger charge is -2.21. The largest absolute Gasteiger partial charge is 0.464 e. The average molecular weight is 190 g/mol. The summed E-state index contributed by atoms with van der Waals surface area (Å²) in [6.45, 7) is 4.06. The molecule has 74 valence electrons. The van der Waals surface area contributed by atoms with Crippen molar-refractivity contribution in [2.75, 3.05) is 7.11 Å². The Morgan fingerprint density at radius 1 is 1.21 bits per heavy atom. The van der Waals surface area contributed by atoms with Crippen LogP contribution in [0.15, 0.2) is 34.9 Å². The van der Waals surface area contributed by atoms with Gasteiger partial charge in [0.05, 0.1) is 11.9 Å². The lowest BCUT2D eigenvalue weighted by molar-refractivity contribution is 0.0198. The van der Waals surface area contributed by atoms with Crippen molar-refractivity contribution in [1.82, 2.24) is 0 Å². The van der Waals surface area contributed by atoms with Crippen LogP contribution in [0.2, 0.25) is 0 Å². The summed E-state index contributed by atoms with van der Waals surface area (Å²) in [6.07, 6.45) is 1.77. The lowest BCUT2D eigenvalue weighted by atomic mass is 9.98. The molecule has 0 spiro atoms. The summed E-state index contributed by atoms with van der Waals surface area (Å²) in [5.74, 6) is 0. The lowest BCUT2D eigenvalue weighted by Crippen LogP contribution is -2.18. The molecule has 0 atom stereocenters. The van der Waals surface area contributed by atoms with Gasteiger partial charge >= 0.3 is 0 Å².